The number of halogens is 4. The summed E-state index contributed by atoms with van der Waals surface area (Å²) >= 11 is -0.620. The average Bonchev–Trinajstić information content (AvgIpc) is 2.76. The van der Waals surface area contributed by atoms with E-state index in [-0.39, 0.29) is 24.5 Å². The molecule has 0 saturated carbocycles. The first-order valence-electron chi connectivity index (χ1n) is 8.85. The number of carbonyl (C=O) groups is 1. The first kappa shape index (κ1) is 25.4. The number of aliphatic hydroxyl groups excluding tert-OH is 3. The fourth-order valence-electron chi connectivity index (χ4n) is 2.23. The van der Waals surface area contributed by atoms with Crippen molar-refractivity contribution in [1.82, 2.24) is 11.0 Å². The van der Waals surface area contributed by atoms with Crippen LogP contribution in [0.4, 0.5) is 18.9 Å². The van der Waals surface area contributed by atoms with Crippen molar-refractivity contribution in [2.45, 2.75) is 12.6 Å². The zero-order chi connectivity index (χ0) is 22.8. The van der Waals surface area contributed by atoms with Gasteiger partial charge in [-0.2, -0.15) is 5.48 Å². The third kappa shape index (κ3) is 7.34. The Labute approximate surface area is 185 Å². The van der Waals surface area contributed by atoms with Crippen molar-refractivity contribution in [3.63, 3.8) is 0 Å². The Morgan fingerprint density at radius 3 is 2.65 bits per heavy atom. The van der Waals surface area contributed by atoms with E-state index in [1.54, 1.807) is 4.08 Å². The lowest BCUT2D eigenvalue weighted by Gasteiger charge is -2.17. The molecule has 1 amide bonds. The number of hydroxylamine groups is 2. The minimum Gasteiger partial charge on any atom is -0.394 e. The van der Waals surface area contributed by atoms with Crippen LogP contribution in [0.5, 0.6) is 0 Å². The molecule has 31 heavy (non-hydrogen) atoms. The fraction of sp³-hybridized carbons (Fsp3) is 0.333. The Bertz CT molecular complexity index is 882. The van der Waals surface area contributed by atoms with Crippen molar-refractivity contribution in [3.05, 3.63) is 50.5 Å². The quantitative estimate of drug-likeness (QED) is 0.127. The maximum absolute atomic E-state index is 14.8. The van der Waals surface area contributed by atoms with Crippen LogP contribution >= 0.6 is 20.7 Å². The average molecular weight is 559 g/mol. The number of carbonyl (C=O) groups excluding carboxylic acids is 1. The lowest BCUT2D eigenvalue weighted by molar-refractivity contribution is -0.0397. The lowest BCUT2D eigenvalue weighted by Crippen LogP contribution is -2.28. The summed E-state index contributed by atoms with van der Waals surface area (Å²) in [5.74, 6) is -4.37. The van der Waals surface area contributed by atoms with E-state index in [0.29, 0.717) is 0 Å². The number of hydrogen-bond donors (Lipinski definition) is 6. The molecule has 1 aliphatic rings. The molecule has 1 unspecified atom stereocenters. The van der Waals surface area contributed by atoms with Crippen LogP contribution in [0.15, 0.2) is 27.7 Å². The summed E-state index contributed by atoms with van der Waals surface area (Å²) in [6.07, 6.45) is 0.205. The molecule has 0 spiro atoms. The Kier molecular flexibility index (Phi) is 10.5. The van der Waals surface area contributed by atoms with Gasteiger partial charge in [-0.3, -0.25) is 14.5 Å². The van der Waals surface area contributed by atoms with Gasteiger partial charge in [0.15, 0.2) is 17.5 Å². The Morgan fingerprint density at radius 1 is 1.19 bits per heavy atom. The second kappa shape index (κ2) is 12.8. The molecular weight excluding hydrogens is 538 g/mol. The first-order valence-corrected chi connectivity index (χ1v) is 11.3. The molecule has 6 N–H and O–H groups in total. The maximum Gasteiger partial charge on any atom is 0.277 e. The van der Waals surface area contributed by atoms with Gasteiger partial charge in [0, 0.05) is 16.1 Å². The van der Waals surface area contributed by atoms with E-state index in [1.165, 1.54) is 10.1 Å². The van der Waals surface area contributed by atoms with Crippen molar-refractivity contribution in [2.24, 2.45) is 0 Å². The number of allylic oxidation sites excluding steroid dienone is 2. The summed E-state index contributed by atoms with van der Waals surface area (Å²) in [6.45, 7) is -1.90. The van der Waals surface area contributed by atoms with Gasteiger partial charge in [0.05, 0.1) is 43.4 Å². The summed E-state index contributed by atoms with van der Waals surface area (Å²) in [4.78, 5) is 22.0. The number of anilines is 1. The van der Waals surface area contributed by atoms with E-state index >= 15 is 0 Å². The summed E-state index contributed by atoms with van der Waals surface area (Å²) in [7, 11) is 0. The van der Waals surface area contributed by atoms with Crippen LogP contribution in [0.1, 0.15) is 15.9 Å². The van der Waals surface area contributed by atoms with Gasteiger partial charge >= 0.3 is 0 Å². The number of benzene rings is 1. The fourth-order valence-corrected chi connectivity index (χ4v) is 3.65. The van der Waals surface area contributed by atoms with E-state index in [0.717, 1.165) is 6.07 Å². The van der Waals surface area contributed by atoms with Gasteiger partial charge in [-0.15, -0.1) is 0 Å². The van der Waals surface area contributed by atoms with E-state index < -0.39 is 81.2 Å². The molecule has 0 aromatic heterocycles. The maximum atomic E-state index is 14.8. The molecular formula is C18H21F3IN3O6. The van der Waals surface area contributed by atoms with Crippen LogP contribution in [-0.2, 0) is 16.2 Å². The summed E-state index contributed by atoms with van der Waals surface area (Å²) in [5.41, 5.74) is 2.83. The standard InChI is InChI=1S/C18H21F3IN3O6/c19-13-6-22-2-1-14(13)24-17-12(18(29)25-30-4-3-26)5-10(15(20)16(17)21)7-23-31-9-11(28)8-27/h1-2,5-6,11,23-24,26-28H,3-4,7-9H2,(H,25,29). The highest BCUT2D eigenvalue weighted by atomic mass is 127. The highest BCUT2D eigenvalue weighted by molar-refractivity contribution is 14.2. The van der Waals surface area contributed by atoms with E-state index in [2.05, 4.69) is 10.8 Å². The predicted molar refractivity (Wildman–Crippen MR) is 114 cm³/mol. The van der Waals surface area contributed by atoms with E-state index in [9.17, 15) is 23.1 Å². The Morgan fingerprint density at radius 2 is 1.97 bits per heavy atom. The minimum atomic E-state index is -1.43. The van der Waals surface area contributed by atoms with Crippen molar-refractivity contribution in [2.75, 3.05) is 31.7 Å². The van der Waals surface area contributed by atoms with E-state index in [1.807, 2.05) is 5.48 Å². The summed E-state index contributed by atoms with van der Waals surface area (Å²) in [6, 6.07) is 1.01. The topological polar surface area (TPSA) is 132 Å². The van der Waals surface area contributed by atoms with Gasteiger partial charge in [0.2, 0.25) is 0 Å². The molecule has 0 fully saturated rings. The largest absolute Gasteiger partial charge is 0.394 e. The molecule has 1 atom stereocenters. The van der Waals surface area contributed by atoms with Crippen LogP contribution in [0, 0.1) is 11.6 Å². The zero-order valence-corrected chi connectivity index (χ0v) is 18.2. The molecule has 13 heteroatoms. The molecule has 1 aliphatic heterocycles. The van der Waals surface area contributed by atoms with Gasteiger partial charge in [-0.25, -0.2) is 18.7 Å². The Balaban J connectivity index is 2.32. The van der Waals surface area contributed by atoms with Gasteiger partial charge in [-0.05, 0) is 16.2 Å². The molecule has 1 aromatic carbocycles. The van der Waals surface area contributed by atoms with Gasteiger partial charge in [0.25, 0.3) is 5.91 Å². The number of rotatable bonds is 12. The number of amides is 1. The second-order valence-electron chi connectivity index (χ2n) is 5.97. The summed E-state index contributed by atoms with van der Waals surface area (Å²) < 4.78 is 46.5. The second-order valence-corrected chi connectivity index (χ2v) is 8.03. The molecule has 1 aromatic rings. The lowest BCUT2D eigenvalue weighted by atomic mass is 10.1. The highest BCUT2D eigenvalue weighted by Gasteiger charge is 2.24. The van der Waals surface area contributed by atoms with Crippen LogP contribution in [0.3, 0.4) is 0 Å². The molecule has 172 valence electrons. The number of hydrogen-bond acceptors (Lipinski definition) is 8. The van der Waals surface area contributed by atoms with Crippen LogP contribution < -0.4 is 16.3 Å². The van der Waals surface area contributed by atoms with Gasteiger partial charge in [-0.1, -0.05) is 20.7 Å². The van der Waals surface area contributed by atoms with Crippen molar-refractivity contribution < 1.29 is 43.0 Å². The SMILES string of the molecule is O=C(NOCCO)c1cc(CNOCC(O)CO)c(F)c(F)c1NC1=C(F)C=IC=C1. The van der Waals surface area contributed by atoms with Crippen molar-refractivity contribution in [1.29, 1.82) is 0 Å². The first-order chi connectivity index (χ1) is 14.9. The van der Waals surface area contributed by atoms with E-state index in [4.69, 9.17) is 19.9 Å². The normalized spacial score (nSPS) is 14.4. The minimum absolute atomic E-state index is 0.137. The van der Waals surface area contributed by atoms with Crippen LogP contribution in [0.2, 0.25) is 0 Å². The van der Waals surface area contributed by atoms with Crippen LogP contribution in [-0.4, -0.2) is 57.8 Å². The molecule has 0 radical (unpaired) electrons. The Hall–Kier alpha value is -1.88. The van der Waals surface area contributed by atoms with Gasteiger partial charge in [0.1, 0.15) is 6.10 Å². The smallest absolute Gasteiger partial charge is 0.277 e. The van der Waals surface area contributed by atoms with Gasteiger partial charge < -0.3 is 20.6 Å². The van der Waals surface area contributed by atoms with Crippen molar-refractivity contribution in [3.8, 4) is 0 Å². The molecule has 0 aliphatic carbocycles. The molecule has 0 bridgehead atoms. The number of aliphatic hydroxyl groups is 3. The zero-order valence-electron chi connectivity index (χ0n) is 16.0. The van der Waals surface area contributed by atoms with Crippen molar-refractivity contribution >= 4 is 36.3 Å². The summed E-state index contributed by atoms with van der Waals surface area (Å²) in [5, 5.41) is 29.1. The highest BCUT2D eigenvalue weighted by Crippen LogP contribution is 2.29. The molecule has 1 heterocycles. The molecule has 9 nitrogen and oxygen atoms in total. The predicted octanol–water partition coefficient (Wildman–Crippen LogP) is 0.886. The number of nitrogens with one attached hydrogen (secondary N) is 3. The monoisotopic (exact) mass is 559 g/mol. The molecule has 2 rings (SSSR count). The van der Waals surface area contributed by atoms with Crippen LogP contribution in [0.25, 0.3) is 0 Å². The molecule has 0 saturated heterocycles. The third-order valence-corrected chi connectivity index (χ3v) is 5.40. The third-order valence-electron chi connectivity index (χ3n) is 3.71.